The van der Waals surface area contributed by atoms with Crippen molar-refractivity contribution in [2.45, 2.75) is 19.3 Å². The Balaban J connectivity index is 1.30. The normalized spacial score (nSPS) is 16.6. The third kappa shape index (κ3) is 3.59. The molecule has 2 heterocycles. The highest BCUT2D eigenvalue weighted by atomic mass is 19.1. The number of nitrogens with zero attached hydrogens (tertiary/aromatic N) is 1. The molecule has 0 saturated carbocycles. The Bertz CT molecular complexity index is 803. The van der Waals surface area contributed by atoms with Gasteiger partial charge < -0.3 is 19.7 Å². The molecule has 1 fully saturated rings. The first-order valence-electron chi connectivity index (χ1n) is 8.88. The van der Waals surface area contributed by atoms with Gasteiger partial charge in [-0.05, 0) is 55.0 Å². The number of likely N-dealkylation sites (tertiary alicyclic amines) is 1. The molecule has 2 aliphatic rings. The number of ether oxygens (including phenoxy) is 2. The molecule has 2 amide bonds. The van der Waals surface area contributed by atoms with E-state index >= 15 is 0 Å². The number of para-hydroxylation sites is 1. The minimum atomic E-state index is -0.418. The number of nitrogens with one attached hydrogen (secondary N) is 1. The lowest BCUT2D eigenvalue weighted by Crippen LogP contribution is -2.41. The average molecular weight is 356 g/mol. The summed E-state index contributed by atoms with van der Waals surface area (Å²) in [4.78, 5) is 14.1. The van der Waals surface area contributed by atoms with Crippen molar-refractivity contribution in [2.24, 2.45) is 5.92 Å². The predicted molar refractivity (Wildman–Crippen MR) is 96.0 cm³/mol. The lowest BCUT2D eigenvalue weighted by atomic mass is 9.90. The van der Waals surface area contributed by atoms with Gasteiger partial charge in [-0.2, -0.15) is 0 Å². The van der Waals surface area contributed by atoms with E-state index in [1.807, 2.05) is 12.1 Å². The quantitative estimate of drug-likeness (QED) is 0.903. The van der Waals surface area contributed by atoms with E-state index < -0.39 is 5.82 Å². The van der Waals surface area contributed by atoms with Crippen LogP contribution in [0.1, 0.15) is 18.4 Å². The molecule has 4 rings (SSSR count). The molecule has 0 bridgehead atoms. The van der Waals surface area contributed by atoms with E-state index in [1.165, 1.54) is 11.6 Å². The molecular weight excluding hydrogens is 335 g/mol. The molecule has 2 aromatic rings. The first-order chi connectivity index (χ1) is 12.7. The molecule has 2 aromatic carbocycles. The van der Waals surface area contributed by atoms with Crippen LogP contribution in [0.4, 0.5) is 14.9 Å². The van der Waals surface area contributed by atoms with Crippen LogP contribution in [0.3, 0.4) is 0 Å². The Morgan fingerprint density at radius 2 is 1.88 bits per heavy atom. The number of hydrogen-bond acceptors (Lipinski definition) is 3. The van der Waals surface area contributed by atoms with Gasteiger partial charge in [-0.15, -0.1) is 0 Å². The number of halogens is 1. The van der Waals surface area contributed by atoms with Gasteiger partial charge in [-0.25, -0.2) is 9.18 Å². The molecule has 6 heteroatoms. The maximum absolute atomic E-state index is 13.7. The van der Waals surface area contributed by atoms with Crippen molar-refractivity contribution in [2.75, 3.05) is 25.2 Å². The van der Waals surface area contributed by atoms with Crippen LogP contribution < -0.4 is 14.8 Å². The van der Waals surface area contributed by atoms with Crippen molar-refractivity contribution in [3.8, 4) is 11.5 Å². The summed E-state index contributed by atoms with van der Waals surface area (Å²) in [5, 5.41) is 2.65. The molecule has 0 atom stereocenters. The average Bonchev–Trinajstić information content (AvgIpc) is 3.12. The fourth-order valence-electron chi connectivity index (χ4n) is 3.50. The summed E-state index contributed by atoms with van der Waals surface area (Å²) in [5.74, 6) is 1.71. The molecule has 0 radical (unpaired) electrons. The Morgan fingerprint density at radius 1 is 1.12 bits per heavy atom. The van der Waals surface area contributed by atoms with Gasteiger partial charge in [0.2, 0.25) is 6.79 Å². The number of hydrogen-bond donors (Lipinski definition) is 1. The number of benzene rings is 2. The lowest BCUT2D eigenvalue weighted by Gasteiger charge is -2.32. The summed E-state index contributed by atoms with van der Waals surface area (Å²) in [5.41, 5.74) is 1.45. The van der Waals surface area contributed by atoms with Gasteiger partial charge in [0.15, 0.2) is 11.5 Å². The van der Waals surface area contributed by atoms with Crippen LogP contribution in [0.5, 0.6) is 11.5 Å². The Labute approximate surface area is 151 Å². The molecule has 1 saturated heterocycles. The van der Waals surface area contributed by atoms with Crippen LogP contribution in [0.15, 0.2) is 42.5 Å². The van der Waals surface area contributed by atoms with Gasteiger partial charge in [0.05, 0.1) is 5.69 Å². The molecule has 0 aromatic heterocycles. The van der Waals surface area contributed by atoms with E-state index in [1.54, 1.807) is 23.1 Å². The molecule has 0 unspecified atom stereocenters. The number of carbonyl (C=O) groups is 1. The maximum Gasteiger partial charge on any atom is 0.321 e. The van der Waals surface area contributed by atoms with Gasteiger partial charge in [0.25, 0.3) is 0 Å². The van der Waals surface area contributed by atoms with E-state index in [0.717, 1.165) is 30.8 Å². The topological polar surface area (TPSA) is 50.8 Å². The standard InChI is InChI=1S/C20H21FN2O3/c21-16-3-1-2-4-17(16)22-20(24)23-9-7-14(8-10-23)11-15-5-6-18-19(12-15)26-13-25-18/h1-6,12,14H,7-11,13H2,(H,22,24). The zero-order chi connectivity index (χ0) is 17.9. The molecule has 26 heavy (non-hydrogen) atoms. The monoisotopic (exact) mass is 356 g/mol. The number of piperidine rings is 1. The SMILES string of the molecule is O=C(Nc1ccccc1F)N1CCC(Cc2ccc3c(c2)OCO3)CC1. The highest BCUT2D eigenvalue weighted by molar-refractivity contribution is 5.89. The number of carbonyl (C=O) groups excluding carboxylic acids is 1. The molecule has 0 aliphatic carbocycles. The summed E-state index contributed by atoms with van der Waals surface area (Å²) in [7, 11) is 0. The van der Waals surface area contributed by atoms with Gasteiger partial charge in [0, 0.05) is 13.1 Å². The Morgan fingerprint density at radius 3 is 2.69 bits per heavy atom. The molecule has 136 valence electrons. The number of urea groups is 1. The van der Waals surface area contributed by atoms with E-state index in [2.05, 4.69) is 11.4 Å². The van der Waals surface area contributed by atoms with Crippen LogP contribution in [0.25, 0.3) is 0 Å². The van der Waals surface area contributed by atoms with E-state index in [4.69, 9.17) is 9.47 Å². The lowest BCUT2D eigenvalue weighted by molar-refractivity contribution is 0.174. The van der Waals surface area contributed by atoms with Crippen molar-refractivity contribution in [1.29, 1.82) is 0 Å². The summed E-state index contributed by atoms with van der Waals surface area (Å²) in [6.07, 6.45) is 2.82. The Kier molecular flexibility index (Phi) is 4.65. The van der Waals surface area contributed by atoms with Crippen molar-refractivity contribution >= 4 is 11.7 Å². The largest absolute Gasteiger partial charge is 0.454 e. The molecule has 0 spiro atoms. The highest BCUT2D eigenvalue weighted by Crippen LogP contribution is 2.34. The highest BCUT2D eigenvalue weighted by Gasteiger charge is 2.24. The van der Waals surface area contributed by atoms with E-state index in [0.29, 0.717) is 19.0 Å². The van der Waals surface area contributed by atoms with Crippen molar-refractivity contribution < 1.29 is 18.7 Å². The number of amides is 2. The first-order valence-corrected chi connectivity index (χ1v) is 8.88. The third-order valence-electron chi connectivity index (χ3n) is 4.98. The van der Waals surface area contributed by atoms with Gasteiger partial charge >= 0.3 is 6.03 Å². The zero-order valence-corrected chi connectivity index (χ0v) is 14.4. The number of rotatable bonds is 3. The molecule has 5 nitrogen and oxygen atoms in total. The molecule has 2 aliphatic heterocycles. The van der Waals surface area contributed by atoms with Gasteiger partial charge in [-0.3, -0.25) is 0 Å². The summed E-state index contributed by atoms with van der Waals surface area (Å²) in [6.45, 7) is 1.64. The maximum atomic E-state index is 13.7. The van der Waals surface area contributed by atoms with Crippen LogP contribution in [0.2, 0.25) is 0 Å². The van der Waals surface area contributed by atoms with Crippen LogP contribution in [0, 0.1) is 11.7 Å². The second-order valence-electron chi connectivity index (χ2n) is 6.73. The van der Waals surface area contributed by atoms with E-state index in [-0.39, 0.29) is 18.5 Å². The predicted octanol–water partition coefficient (Wildman–Crippen LogP) is 4.04. The minimum Gasteiger partial charge on any atom is -0.454 e. The van der Waals surface area contributed by atoms with E-state index in [9.17, 15) is 9.18 Å². The second kappa shape index (κ2) is 7.23. The first kappa shape index (κ1) is 16.7. The van der Waals surface area contributed by atoms with Crippen molar-refractivity contribution in [3.05, 3.63) is 53.8 Å². The Hall–Kier alpha value is -2.76. The number of fused-ring (bicyclic) bond motifs is 1. The fourth-order valence-corrected chi connectivity index (χ4v) is 3.50. The van der Waals surface area contributed by atoms with Crippen molar-refractivity contribution in [1.82, 2.24) is 4.90 Å². The minimum absolute atomic E-state index is 0.222. The third-order valence-corrected chi connectivity index (χ3v) is 4.98. The van der Waals surface area contributed by atoms with Gasteiger partial charge in [-0.1, -0.05) is 18.2 Å². The summed E-state index contributed by atoms with van der Waals surface area (Å²) < 4.78 is 24.4. The summed E-state index contributed by atoms with van der Waals surface area (Å²) in [6, 6.07) is 12.0. The van der Waals surface area contributed by atoms with Crippen LogP contribution in [-0.4, -0.2) is 30.8 Å². The second-order valence-corrected chi connectivity index (χ2v) is 6.73. The van der Waals surface area contributed by atoms with Crippen molar-refractivity contribution in [3.63, 3.8) is 0 Å². The zero-order valence-electron chi connectivity index (χ0n) is 14.4. The van der Waals surface area contributed by atoms with Crippen LogP contribution in [-0.2, 0) is 6.42 Å². The van der Waals surface area contributed by atoms with Crippen LogP contribution >= 0.6 is 0 Å². The number of anilines is 1. The summed E-state index contributed by atoms with van der Waals surface area (Å²) >= 11 is 0. The molecule has 1 N–H and O–H groups in total. The smallest absolute Gasteiger partial charge is 0.321 e. The fraction of sp³-hybridized carbons (Fsp3) is 0.350. The van der Waals surface area contributed by atoms with Gasteiger partial charge in [0.1, 0.15) is 5.82 Å². The molecular formula is C20H21FN2O3.